The van der Waals surface area contributed by atoms with E-state index in [-0.39, 0.29) is 10.7 Å². The van der Waals surface area contributed by atoms with Crippen molar-refractivity contribution in [3.05, 3.63) is 40.9 Å². The van der Waals surface area contributed by atoms with Crippen LogP contribution in [-0.2, 0) is 20.5 Å². The first-order valence-electron chi connectivity index (χ1n) is 7.25. The SMILES string of the molecule is C[C@@]12C=C[C@@H](O1)[C@H]1C(=O)N(c3cc(C(F)(F)F)ccc3Cl)C(=O)[C@@H]12. The number of rotatable bonds is 1. The minimum atomic E-state index is -4.60. The van der Waals surface area contributed by atoms with E-state index in [0.29, 0.717) is 0 Å². The van der Waals surface area contributed by atoms with E-state index < -0.39 is 47.1 Å². The third-order valence-corrected chi connectivity index (χ3v) is 5.16. The summed E-state index contributed by atoms with van der Waals surface area (Å²) >= 11 is 5.98. The Balaban J connectivity index is 1.80. The number of fused-ring (bicyclic) bond motifs is 5. The number of nitrogens with zero attached hydrogens (tertiary/aromatic N) is 1. The molecule has 0 spiro atoms. The van der Waals surface area contributed by atoms with Crippen molar-refractivity contribution in [1.29, 1.82) is 0 Å². The molecule has 2 fully saturated rings. The van der Waals surface area contributed by atoms with Crippen LogP contribution in [0.4, 0.5) is 18.9 Å². The number of anilines is 1. The van der Waals surface area contributed by atoms with Gasteiger partial charge < -0.3 is 4.74 Å². The fraction of sp³-hybridized carbons (Fsp3) is 0.375. The van der Waals surface area contributed by atoms with Crippen molar-refractivity contribution in [3.63, 3.8) is 0 Å². The van der Waals surface area contributed by atoms with Gasteiger partial charge in [-0.2, -0.15) is 13.2 Å². The molecule has 2 bridgehead atoms. The van der Waals surface area contributed by atoms with E-state index in [4.69, 9.17) is 16.3 Å². The Hall–Kier alpha value is -1.86. The molecule has 24 heavy (non-hydrogen) atoms. The molecule has 2 saturated heterocycles. The second kappa shape index (κ2) is 4.61. The molecular formula is C16H11ClF3NO3. The lowest BCUT2D eigenvalue weighted by Gasteiger charge is -2.24. The second-order valence-electron chi connectivity index (χ2n) is 6.30. The second-order valence-corrected chi connectivity index (χ2v) is 6.71. The van der Waals surface area contributed by atoms with E-state index in [1.165, 1.54) is 0 Å². The van der Waals surface area contributed by atoms with Crippen molar-refractivity contribution in [1.82, 2.24) is 0 Å². The first-order chi connectivity index (χ1) is 11.1. The predicted molar refractivity (Wildman–Crippen MR) is 78.3 cm³/mol. The molecule has 0 aromatic heterocycles. The quantitative estimate of drug-likeness (QED) is 0.573. The maximum absolute atomic E-state index is 12.9. The van der Waals surface area contributed by atoms with Gasteiger partial charge in [-0.1, -0.05) is 23.8 Å². The van der Waals surface area contributed by atoms with Crippen LogP contribution in [0.15, 0.2) is 30.4 Å². The van der Waals surface area contributed by atoms with Crippen LogP contribution in [-0.4, -0.2) is 23.5 Å². The number of alkyl halides is 3. The van der Waals surface area contributed by atoms with Gasteiger partial charge in [-0.15, -0.1) is 0 Å². The van der Waals surface area contributed by atoms with Crippen LogP contribution in [0.3, 0.4) is 0 Å². The molecule has 0 unspecified atom stereocenters. The van der Waals surface area contributed by atoms with Gasteiger partial charge in [0.05, 0.1) is 39.8 Å². The number of carbonyl (C=O) groups is 2. The molecule has 4 rings (SSSR count). The molecule has 3 heterocycles. The molecule has 4 atom stereocenters. The van der Waals surface area contributed by atoms with Gasteiger partial charge in [0.25, 0.3) is 0 Å². The molecule has 3 aliphatic heterocycles. The maximum Gasteiger partial charge on any atom is 0.416 e. The zero-order valence-electron chi connectivity index (χ0n) is 12.3. The normalized spacial score (nSPS) is 34.4. The van der Waals surface area contributed by atoms with E-state index in [1.54, 1.807) is 19.1 Å². The summed E-state index contributed by atoms with van der Waals surface area (Å²) in [4.78, 5) is 26.2. The average molecular weight is 358 g/mol. The summed E-state index contributed by atoms with van der Waals surface area (Å²) in [7, 11) is 0. The Kier molecular flexibility index (Phi) is 3.01. The van der Waals surface area contributed by atoms with Gasteiger partial charge in [-0.05, 0) is 25.1 Å². The summed E-state index contributed by atoms with van der Waals surface area (Å²) in [5.74, 6) is -2.63. The minimum absolute atomic E-state index is 0.0870. The third kappa shape index (κ3) is 1.91. The average Bonchev–Trinajstić information content (AvgIpc) is 3.08. The minimum Gasteiger partial charge on any atom is -0.362 e. The Morgan fingerprint density at radius 3 is 2.58 bits per heavy atom. The van der Waals surface area contributed by atoms with Crippen LogP contribution in [0.5, 0.6) is 0 Å². The van der Waals surface area contributed by atoms with E-state index >= 15 is 0 Å². The van der Waals surface area contributed by atoms with Gasteiger partial charge in [0.15, 0.2) is 0 Å². The van der Waals surface area contributed by atoms with E-state index in [9.17, 15) is 22.8 Å². The first kappa shape index (κ1) is 15.7. The molecule has 0 radical (unpaired) electrons. The standard InChI is InChI=1S/C16H11ClF3NO3/c1-15-5-4-10(24-15)11-12(15)14(23)21(13(11)22)9-6-7(16(18,19)20)2-3-8(9)17/h2-6,10-12H,1H3/t10-,11-,12-,15+/m1/s1. The van der Waals surface area contributed by atoms with Crippen molar-refractivity contribution < 1.29 is 27.5 Å². The highest BCUT2D eigenvalue weighted by Gasteiger charge is 2.66. The maximum atomic E-state index is 12.9. The Morgan fingerprint density at radius 2 is 1.96 bits per heavy atom. The number of halogens is 4. The summed E-state index contributed by atoms with van der Waals surface area (Å²) in [5, 5.41) is -0.0870. The number of ether oxygens (including phenoxy) is 1. The Morgan fingerprint density at radius 1 is 1.25 bits per heavy atom. The van der Waals surface area contributed by atoms with Crippen molar-refractivity contribution in [3.8, 4) is 0 Å². The number of amides is 2. The molecule has 0 aliphatic carbocycles. The lowest BCUT2D eigenvalue weighted by atomic mass is 9.78. The van der Waals surface area contributed by atoms with E-state index in [0.717, 1.165) is 23.1 Å². The number of benzene rings is 1. The number of hydrogen-bond donors (Lipinski definition) is 0. The molecule has 1 aromatic carbocycles. The summed E-state index contributed by atoms with van der Waals surface area (Å²) in [6, 6.07) is 2.59. The van der Waals surface area contributed by atoms with Crippen LogP contribution >= 0.6 is 11.6 Å². The summed E-state index contributed by atoms with van der Waals surface area (Å²) in [6.45, 7) is 1.69. The molecule has 1 aromatic rings. The molecule has 8 heteroatoms. The monoisotopic (exact) mass is 357 g/mol. The fourth-order valence-corrected chi connectivity index (χ4v) is 3.95. The number of hydrogen-bond acceptors (Lipinski definition) is 3. The van der Waals surface area contributed by atoms with Gasteiger partial charge in [-0.3, -0.25) is 9.59 Å². The smallest absolute Gasteiger partial charge is 0.362 e. The van der Waals surface area contributed by atoms with Crippen molar-refractivity contribution in [2.45, 2.75) is 24.8 Å². The fourth-order valence-electron chi connectivity index (χ4n) is 3.75. The van der Waals surface area contributed by atoms with Gasteiger partial charge in [0, 0.05) is 0 Å². The highest BCUT2D eigenvalue weighted by molar-refractivity contribution is 6.36. The molecule has 2 amide bonds. The van der Waals surface area contributed by atoms with Crippen LogP contribution in [0.1, 0.15) is 12.5 Å². The van der Waals surface area contributed by atoms with Crippen molar-refractivity contribution in [2.75, 3.05) is 4.90 Å². The summed E-state index contributed by atoms with van der Waals surface area (Å²) in [5.41, 5.74) is -2.12. The van der Waals surface area contributed by atoms with Crippen LogP contribution < -0.4 is 4.90 Å². The van der Waals surface area contributed by atoms with Gasteiger partial charge in [0.1, 0.15) is 0 Å². The lowest BCUT2D eigenvalue weighted by molar-refractivity contribution is -0.137. The van der Waals surface area contributed by atoms with Crippen molar-refractivity contribution >= 4 is 29.1 Å². The highest BCUT2D eigenvalue weighted by atomic mass is 35.5. The van der Waals surface area contributed by atoms with Crippen LogP contribution in [0.25, 0.3) is 0 Å². The Bertz CT molecular complexity index is 806. The number of imide groups is 1. The van der Waals surface area contributed by atoms with Crippen LogP contribution in [0.2, 0.25) is 5.02 Å². The topological polar surface area (TPSA) is 46.6 Å². The van der Waals surface area contributed by atoms with Crippen molar-refractivity contribution in [2.24, 2.45) is 11.8 Å². The highest BCUT2D eigenvalue weighted by Crippen LogP contribution is 2.53. The largest absolute Gasteiger partial charge is 0.416 e. The van der Waals surface area contributed by atoms with E-state index in [2.05, 4.69) is 0 Å². The molecular weight excluding hydrogens is 347 g/mol. The zero-order valence-corrected chi connectivity index (χ0v) is 13.1. The number of carbonyl (C=O) groups excluding carboxylic acids is 2. The summed E-state index contributed by atoms with van der Waals surface area (Å²) in [6.07, 6.45) is -1.70. The Labute approximate surface area is 139 Å². The molecule has 4 nitrogen and oxygen atoms in total. The third-order valence-electron chi connectivity index (χ3n) is 4.84. The predicted octanol–water partition coefficient (Wildman–Crippen LogP) is 3.19. The van der Waals surface area contributed by atoms with E-state index in [1.807, 2.05) is 0 Å². The zero-order chi connectivity index (χ0) is 17.4. The molecule has 126 valence electrons. The van der Waals surface area contributed by atoms with Gasteiger partial charge in [0.2, 0.25) is 11.8 Å². The molecule has 3 aliphatic rings. The van der Waals surface area contributed by atoms with Gasteiger partial charge in [-0.25, -0.2) is 4.90 Å². The van der Waals surface area contributed by atoms with Gasteiger partial charge >= 0.3 is 6.18 Å². The summed E-state index contributed by atoms with van der Waals surface area (Å²) < 4.78 is 44.5. The molecule has 0 N–H and O–H groups in total. The van der Waals surface area contributed by atoms with Crippen LogP contribution in [0, 0.1) is 11.8 Å². The lowest BCUT2D eigenvalue weighted by Crippen LogP contribution is -2.38. The molecule has 0 saturated carbocycles. The first-order valence-corrected chi connectivity index (χ1v) is 7.63.